The van der Waals surface area contributed by atoms with Crippen LogP contribution in [0.15, 0.2) is 0 Å². The van der Waals surface area contributed by atoms with Gasteiger partial charge in [0.15, 0.2) is 0 Å². The molecule has 0 bridgehead atoms. The Morgan fingerprint density at radius 1 is 1.47 bits per heavy atom. The quantitative estimate of drug-likeness (QED) is 0.669. The van der Waals surface area contributed by atoms with Crippen LogP contribution in [0.4, 0.5) is 0 Å². The highest BCUT2D eigenvalue weighted by Gasteiger charge is 2.26. The van der Waals surface area contributed by atoms with Crippen LogP contribution >= 0.6 is 0 Å². The Morgan fingerprint density at radius 2 is 2.06 bits per heavy atom. The molecule has 0 saturated carbocycles. The van der Waals surface area contributed by atoms with Crippen molar-refractivity contribution >= 4 is 11.8 Å². The molecule has 1 aliphatic heterocycles. The number of carbonyl (C=O) groups excluding carboxylic acids is 2. The van der Waals surface area contributed by atoms with Gasteiger partial charge < -0.3 is 20.7 Å². The van der Waals surface area contributed by atoms with Crippen LogP contribution < -0.4 is 11.1 Å². The molecule has 3 N–H and O–H groups in total. The molecule has 0 aromatic heterocycles. The fourth-order valence-corrected chi connectivity index (χ4v) is 2.02. The summed E-state index contributed by atoms with van der Waals surface area (Å²) in [7, 11) is 1.52. The van der Waals surface area contributed by atoms with Crippen LogP contribution in [0.3, 0.4) is 0 Å². The predicted molar refractivity (Wildman–Crippen MR) is 63.3 cm³/mol. The van der Waals surface area contributed by atoms with Gasteiger partial charge in [-0.25, -0.2) is 0 Å². The highest BCUT2D eigenvalue weighted by atomic mass is 16.5. The van der Waals surface area contributed by atoms with Crippen molar-refractivity contribution in [2.45, 2.75) is 31.8 Å². The SMILES string of the molecule is COCC(N)C(=O)N1CCC(NC(C)=O)CC1. The second-order valence-electron chi connectivity index (χ2n) is 4.36. The minimum absolute atomic E-state index is 0.0224. The smallest absolute Gasteiger partial charge is 0.241 e. The van der Waals surface area contributed by atoms with E-state index in [0.717, 1.165) is 12.8 Å². The molecule has 0 spiro atoms. The zero-order chi connectivity index (χ0) is 12.8. The molecule has 6 heteroatoms. The lowest BCUT2D eigenvalue weighted by atomic mass is 10.0. The molecule has 0 radical (unpaired) electrons. The molecule has 0 aromatic carbocycles. The zero-order valence-corrected chi connectivity index (χ0v) is 10.4. The lowest BCUT2D eigenvalue weighted by Crippen LogP contribution is -2.51. The van der Waals surface area contributed by atoms with Crippen molar-refractivity contribution in [1.82, 2.24) is 10.2 Å². The van der Waals surface area contributed by atoms with Crippen LogP contribution in [0, 0.1) is 0 Å². The average Bonchev–Trinajstić information content (AvgIpc) is 2.28. The highest BCUT2D eigenvalue weighted by Crippen LogP contribution is 2.11. The third kappa shape index (κ3) is 4.32. The van der Waals surface area contributed by atoms with Gasteiger partial charge in [0.25, 0.3) is 0 Å². The van der Waals surface area contributed by atoms with Crippen LogP contribution in [0.2, 0.25) is 0 Å². The summed E-state index contributed by atoms with van der Waals surface area (Å²) in [5.74, 6) is -0.0982. The molecule has 1 aliphatic rings. The van der Waals surface area contributed by atoms with E-state index in [1.165, 1.54) is 14.0 Å². The van der Waals surface area contributed by atoms with Gasteiger partial charge in [-0.2, -0.15) is 0 Å². The van der Waals surface area contributed by atoms with Gasteiger partial charge in [-0.3, -0.25) is 9.59 Å². The maximum Gasteiger partial charge on any atom is 0.241 e. The summed E-state index contributed by atoms with van der Waals surface area (Å²) in [5, 5.41) is 2.86. The van der Waals surface area contributed by atoms with E-state index in [1.807, 2.05) is 0 Å². The first kappa shape index (κ1) is 13.9. The van der Waals surface area contributed by atoms with Crippen LogP contribution in [0.1, 0.15) is 19.8 Å². The molecule has 1 rings (SSSR count). The van der Waals surface area contributed by atoms with Crippen molar-refractivity contribution in [3.63, 3.8) is 0 Å². The number of nitrogens with one attached hydrogen (secondary N) is 1. The highest BCUT2D eigenvalue weighted by molar-refractivity contribution is 5.82. The maximum atomic E-state index is 11.9. The Morgan fingerprint density at radius 3 is 2.53 bits per heavy atom. The number of nitrogens with two attached hydrogens (primary N) is 1. The van der Waals surface area contributed by atoms with Gasteiger partial charge in [0.1, 0.15) is 6.04 Å². The largest absolute Gasteiger partial charge is 0.383 e. The summed E-state index contributed by atoms with van der Waals surface area (Å²) in [4.78, 5) is 24.5. The molecule has 2 amide bonds. The van der Waals surface area contributed by atoms with Gasteiger partial charge in [-0.1, -0.05) is 0 Å². The normalized spacial score (nSPS) is 18.9. The van der Waals surface area contributed by atoms with Crippen molar-refractivity contribution in [3.05, 3.63) is 0 Å². The topological polar surface area (TPSA) is 84.7 Å². The molecule has 1 unspecified atom stereocenters. The summed E-state index contributed by atoms with van der Waals surface area (Å²) in [5.41, 5.74) is 5.69. The minimum atomic E-state index is -0.586. The first-order valence-electron chi connectivity index (χ1n) is 5.85. The molecular formula is C11H21N3O3. The van der Waals surface area contributed by atoms with E-state index in [2.05, 4.69) is 5.32 Å². The number of hydrogen-bond acceptors (Lipinski definition) is 4. The second-order valence-corrected chi connectivity index (χ2v) is 4.36. The number of amides is 2. The summed E-state index contributed by atoms with van der Waals surface area (Å²) in [6.45, 7) is 3.03. The second kappa shape index (κ2) is 6.56. The number of ether oxygens (including phenoxy) is 1. The lowest BCUT2D eigenvalue weighted by molar-refractivity contribution is -0.134. The molecule has 0 aliphatic carbocycles. The van der Waals surface area contributed by atoms with Gasteiger partial charge in [-0.15, -0.1) is 0 Å². The standard InChI is InChI=1S/C11H21N3O3/c1-8(15)13-9-3-5-14(6-4-9)11(16)10(12)7-17-2/h9-10H,3-7,12H2,1-2H3,(H,13,15). The van der Waals surface area contributed by atoms with E-state index >= 15 is 0 Å². The Labute approximate surface area is 101 Å². The van der Waals surface area contributed by atoms with E-state index in [-0.39, 0.29) is 24.5 Å². The lowest BCUT2D eigenvalue weighted by Gasteiger charge is -2.33. The van der Waals surface area contributed by atoms with Crippen molar-refractivity contribution in [2.75, 3.05) is 26.8 Å². The summed E-state index contributed by atoms with van der Waals surface area (Å²) in [6, 6.07) is -0.410. The van der Waals surface area contributed by atoms with Gasteiger partial charge in [0, 0.05) is 33.2 Å². The van der Waals surface area contributed by atoms with E-state index in [4.69, 9.17) is 10.5 Å². The number of carbonyl (C=O) groups is 2. The van der Waals surface area contributed by atoms with Crippen LogP contribution in [0.25, 0.3) is 0 Å². The van der Waals surface area contributed by atoms with Crippen molar-refractivity contribution < 1.29 is 14.3 Å². The zero-order valence-electron chi connectivity index (χ0n) is 10.4. The van der Waals surface area contributed by atoms with E-state index in [9.17, 15) is 9.59 Å². The van der Waals surface area contributed by atoms with E-state index < -0.39 is 6.04 Å². The first-order valence-corrected chi connectivity index (χ1v) is 5.85. The average molecular weight is 243 g/mol. The Hall–Kier alpha value is -1.14. The molecular weight excluding hydrogens is 222 g/mol. The van der Waals surface area contributed by atoms with Crippen molar-refractivity contribution in [3.8, 4) is 0 Å². The van der Waals surface area contributed by atoms with Crippen LogP contribution in [-0.4, -0.2) is 55.6 Å². The van der Waals surface area contributed by atoms with Crippen molar-refractivity contribution in [2.24, 2.45) is 5.73 Å². The van der Waals surface area contributed by atoms with Gasteiger partial charge in [-0.05, 0) is 12.8 Å². The molecule has 6 nitrogen and oxygen atoms in total. The van der Waals surface area contributed by atoms with Gasteiger partial charge in [0.05, 0.1) is 6.61 Å². The molecule has 1 saturated heterocycles. The first-order chi connectivity index (χ1) is 8.04. The fourth-order valence-electron chi connectivity index (χ4n) is 2.02. The molecule has 98 valence electrons. The summed E-state index contributed by atoms with van der Waals surface area (Å²) < 4.78 is 4.86. The fraction of sp³-hybridized carbons (Fsp3) is 0.818. The van der Waals surface area contributed by atoms with E-state index in [1.54, 1.807) is 4.90 Å². The molecule has 0 aromatic rings. The minimum Gasteiger partial charge on any atom is -0.383 e. The van der Waals surface area contributed by atoms with Crippen LogP contribution in [0.5, 0.6) is 0 Å². The third-order valence-electron chi connectivity index (χ3n) is 2.88. The van der Waals surface area contributed by atoms with E-state index in [0.29, 0.717) is 13.1 Å². The summed E-state index contributed by atoms with van der Waals surface area (Å²) in [6.07, 6.45) is 1.57. The Bertz CT molecular complexity index is 275. The third-order valence-corrected chi connectivity index (χ3v) is 2.88. The number of nitrogens with zero attached hydrogens (tertiary/aromatic N) is 1. The number of piperidine rings is 1. The van der Waals surface area contributed by atoms with Gasteiger partial charge in [0.2, 0.25) is 11.8 Å². The van der Waals surface area contributed by atoms with Crippen molar-refractivity contribution in [1.29, 1.82) is 0 Å². The van der Waals surface area contributed by atoms with Crippen LogP contribution in [-0.2, 0) is 14.3 Å². The monoisotopic (exact) mass is 243 g/mol. The Balaban J connectivity index is 2.35. The number of likely N-dealkylation sites (tertiary alicyclic amines) is 1. The van der Waals surface area contributed by atoms with Gasteiger partial charge >= 0.3 is 0 Å². The Kier molecular flexibility index (Phi) is 5.37. The maximum absolute atomic E-state index is 11.9. The number of hydrogen-bond donors (Lipinski definition) is 2. The molecule has 1 fully saturated rings. The number of rotatable bonds is 4. The molecule has 17 heavy (non-hydrogen) atoms. The molecule has 1 atom stereocenters. The molecule has 1 heterocycles. The number of methoxy groups -OCH3 is 1. The summed E-state index contributed by atoms with van der Waals surface area (Å²) >= 11 is 0. The predicted octanol–water partition coefficient (Wildman–Crippen LogP) is -0.913.